The van der Waals surface area contributed by atoms with E-state index in [1.54, 1.807) is 12.1 Å². The Hall–Kier alpha value is -2.44. The zero-order valence-electron chi connectivity index (χ0n) is 11.2. The van der Waals surface area contributed by atoms with Gasteiger partial charge in [0.15, 0.2) is 0 Å². The van der Waals surface area contributed by atoms with Crippen molar-refractivity contribution in [1.29, 1.82) is 0 Å². The van der Waals surface area contributed by atoms with Gasteiger partial charge < -0.3 is 15.3 Å². The molecule has 1 aromatic carbocycles. The summed E-state index contributed by atoms with van der Waals surface area (Å²) in [5, 5.41) is 14.9. The van der Waals surface area contributed by atoms with Gasteiger partial charge in [-0.25, -0.2) is 4.39 Å². The molecule has 0 bridgehead atoms. The Kier molecular flexibility index (Phi) is 4.86. The number of rotatable bonds is 6. The lowest BCUT2D eigenvalue weighted by atomic mass is 10.0. The van der Waals surface area contributed by atoms with E-state index in [1.165, 1.54) is 12.1 Å². The Balaban J connectivity index is 1.81. The first-order chi connectivity index (χ1) is 10.1. The van der Waals surface area contributed by atoms with E-state index in [2.05, 4.69) is 10.5 Å². The summed E-state index contributed by atoms with van der Waals surface area (Å²) in [6, 6.07) is 5.91. The Morgan fingerprint density at radius 2 is 2.29 bits per heavy atom. The van der Waals surface area contributed by atoms with Crippen LogP contribution in [0.4, 0.5) is 4.39 Å². The number of carbonyl (C=O) groups excluding carboxylic acids is 1. The Labute approximate surface area is 120 Å². The highest BCUT2D eigenvalue weighted by Crippen LogP contribution is 2.17. The minimum Gasteiger partial charge on any atom is -0.481 e. The number of carboxylic acid groups (broad SMARTS) is 1. The molecule has 1 aliphatic rings. The molecule has 1 aliphatic heterocycles. The molecule has 2 N–H and O–H groups in total. The normalized spacial score (nSPS) is 17.0. The average Bonchev–Trinajstić information content (AvgIpc) is 2.93. The zero-order chi connectivity index (χ0) is 15.2. The molecule has 21 heavy (non-hydrogen) atoms. The Bertz CT molecular complexity index is 574. The van der Waals surface area contributed by atoms with E-state index in [0.717, 1.165) is 0 Å². The van der Waals surface area contributed by atoms with Gasteiger partial charge in [-0.3, -0.25) is 9.59 Å². The lowest BCUT2D eigenvalue weighted by molar-refractivity contribution is -0.137. The topological polar surface area (TPSA) is 88.0 Å². The number of oxime groups is 1. The van der Waals surface area contributed by atoms with Crippen LogP contribution in [0.25, 0.3) is 0 Å². The molecule has 1 unspecified atom stereocenters. The largest absolute Gasteiger partial charge is 0.481 e. The van der Waals surface area contributed by atoms with Gasteiger partial charge in [-0.2, -0.15) is 0 Å². The van der Waals surface area contributed by atoms with Gasteiger partial charge in [0, 0.05) is 24.9 Å². The molecule has 0 aliphatic carbocycles. The molecule has 7 heteroatoms. The van der Waals surface area contributed by atoms with Crippen molar-refractivity contribution in [3.8, 4) is 0 Å². The van der Waals surface area contributed by atoms with Gasteiger partial charge in [-0.15, -0.1) is 0 Å². The summed E-state index contributed by atoms with van der Waals surface area (Å²) in [7, 11) is 0. The molecule has 0 aromatic heterocycles. The first-order valence-corrected chi connectivity index (χ1v) is 6.54. The second-order valence-electron chi connectivity index (χ2n) is 4.63. The third kappa shape index (κ3) is 4.27. The van der Waals surface area contributed by atoms with Crippen LogP contribution in [0.3, 0.4) is 0 Å². The number of nitrogens with zero attached hydrogens (tertiary/aromatic N) is 1. The summed E-state index contributed by atoms with van der Waals surface area (Å²) in [6.07, 6.45) is -0.149. The molecular formula is C14H15FN2O4. The van der Waals surface area contributed by atoms with Crippen molar-refractivity contribution >= 4 is 17.6 Å². The summed E-state index contributed by atoms with van der Waals surface area (Å²) >= 11 is 0. The third-order valence-electron chi connectivity index (χ3n) is 2.99. The van der Waals surface area contributed by atoms with Crippen LogP contribution in [0.15, 0.2) is 29.4 Å². The maximum absolute atomic E-state index is 13.1. The number of amides is 1. The summed E-state index contributed by atoms with van der Waals surface area (Å²) in [6.45, 7) is 0.264. The van der Waals surface area contributed by atoms with Crippen molar-refractivity contribution < 1.29 is 23.9 Å². The van der Waals surface area contributed by atoms with Crippen molar-refractivity contribution in [1.82, 2.24) is 5.32 Å². The third-order valence-corrected chi connectivity index (χ3v) is 2.99. The first-order valence-electron chi connectivity index (χ1n) is 6.54. The zero-order valence-corrected chi connectivity index (χ0v) is 11.2. The fourth-order valence-corrected chi connectivity index (χ4v) is 1.92. The van der Waals surface area contributed by atoms with Crippen LogP contribution in [0.5, 0.6) is 0 Å². The molecule has 0 saturated carbocycles. The predicted octanol–water partition coefficient (Wildman–Crippen LogP) is 1.30. The smallest absolute Gasteiger partial charge is 0.303 e. The highest BCUT2D eigenvalue weighted by atomic mass is 19.1. The number of hydrogen-bond acceptors (Lipinski definition) is 4. The minimum absolute atomic E-state index is 0.00313. The second-order valence-corrected chi connectivity index (χ2v) is 4.63. The van der Waals surface area contributed by atoms with Crippen molar-refractivity contribution in [2.75, 3.05) is 6.54 Å². The van der Waals surface area contributed by atoms with Crippen molar-refractivity contribution in [3.05, 3.63) is 35.6 Å². The fraction of sp³-hybridized carbons (Fsp3) is 0.357. The van der Waals surface area contributed by atoms with Crippen molar-refractivity contribution in [2.45, 2.75) is 25.4 Å². The van der Waals surface area contributed by atoms with E-state index in [0.29, 0.717) is 17.7 Å². The fourth-order valence-electron chi connectivity index (χ4n) is 1.92. The number of benzene rings is 1. The number of carboxylic acids is 1. The number of hydrogen-bond donors (Lipinski definition) is 2. The van der Waals surface area contributed by atoms with Crippen LogP contribution in [0.2, 0.25) is 0 Å². The average molecular weight is 294 g/mol. The highest BCUT2D eigenvalue weighted by Gasteiger charge is 2.28. The van der Waals surface area contributed by atoms with E-state index < -0.39 is 12.1 Å². The maximum atomic E-state index is 13.1. The monoisotopic (exact) mass is 294 g/mol. The Morgan fingerprint density at radius 1 is 1.48 bits per heavy atom. The van der Waals surface area contributed by atoms with Crippen LogP contribution in [-0.4, -0.2) is 35.3 Å². The number of halogens is 1. The molecule has 1 heterocycles. The van der Waals surface area contributed by atoms with Crippen LogP contribution in [0, 0.1) is 5.82 Å². The lowest BCUT2D eigenvalue weighted by Gasteiger charge is -2.08. The van der Waals surface area contributed by atoms with Crippen molar-refractivity contribution in [2.24, 2.45) is 5.16 Å². The molecule has 0 spiro atoms. The van der Waals surface area contributed by atoms with E-state index >= 15 is 0 Å². The number of nitrogens with one attached hydrogen (secondary N) is 1. The van der Waals surface area contributed by atoms with Crippen LogP contribution in [-0.2, 0) is 14.4 Å². The maximum Gasteiger partial charge on any atom is 0.303 e. The van der Waals surface area contributed by atoms with E-state index in [9.17, 15) is 14.0 Å². The first kappa shape index (κ1) is 15.0. The second kappa shape index (κ2) is 6.83. The van der Waals surface area contributed by atoms with Gasteiger partial charge in [-0.05, 0) is 18.6 Å². The van der Waals surface area contributed by atoms with Gasteiger partial charge in [0.05, 0.1) is 5.71 Å². The lowest BCUT2D eigenvalue weighted by Crippen LogP contribution is -2.35. The number of carbonyl (C=O) groups is 2. The standard InChI is InChI=1S/C14H15FN2O4/c15-10-4-1-3-9(7-10)11-8-12(21-17-11)14(20)16-6-2-5-13(18)19/h1,3-4,7,12H,2,5-6,8H2,(H,16,20)(H,18,19). The molecule has 2 rings (SSSR count). The quantitative estimate of drug-likeness (QED) is 0.774. The van der Waals surface area contributed by atoms with E-state index in [1.807, 2.05) is 0 Å². The van der Waals surface area contributed by atoms with Gasteiger partial charge in [0.2, 0.25) is 6.10 Å². The predicted molar refractivity (Wildman–Crippen MR) is 72.3 cm³/mol. The summed E-state index contributed by atoms with van der Waals surface area (Å²) in [5.41, 5.74) is 1.09. The summed E-state index contributed by atoms with van der Waals surface area (Å²) < 4.78 is 13.1. The molecule has 6 nitrogen and oxygen atoms in total. The Morgan fingerprint density at radius 3 is 3.00 bits per heavy atom. The summed E-state index contributed by atoms with van der Waals surface area (Å²) in [5.74, 6) is -1.63. The highest BCUT2D eigenvalue weighted by molar-refractivity contribution is 6.04. The van der Waals surface area contributed by atoms with E-state index in [-0.39, 0.29) is 31.1 Å². The van der Waals surface area contributed by atoms with Crippen LogP contribution in [0.1, 0.15) is 24.8 Å². The van der Waals surface area contributed by atoms with Gasteiger partial charge in [0.25, 0.3) is 5.91 Å². The molecule has 0 radical (unpaired) electrons. The van der Waals surface area contributed by atoms with Crippen molar-refractivity contribution in [3.63, 3.8) is 0 Å². The molecule has 0 fully saturated rings. The molecular weight excluding hydrogens is 279 g/mol. The number of aliphatic carboxylic acids is 1. The molecule has 0 saturated heterocycles. The molecule has 1 atom stereocenters. The van der Waals surface area contributed by atoms with Gasteiger partial charge >= 0.3 is 5.97 Å². The van der Waals surface area contributed by atoms with Gasteiger partial charge in [0.1, 0.15) is 5.82 Å². The van der Waals surface area contributed by atoms with Gasteiger partial charge in [-0.1, -0.05) is 17.3 Å². The molecule has 112 valence electrons. The van der Waals surface area contributed by atoms with E-state index in [4.69, 9.17) is 9.94 Å². The van der Waals surface area contributed by atoms with Crippen LogP contribution < -0.4 is 5.32 Å². The summed E-state index contributed by atoms with van der Waals surface area (Å²) in [4.78, 5) is 27.2. The SMILES string of the molecule is O=C(O)CCCNC(=O)C1CC(c2cccc(F)c2)=NO1. The molecule has 1 aromatic rings. The van der Waals surface area contributed by atoms with Crippen LogP contribution >= 0.6 is 0 Å². The minimum atomic E-state index is -0.905. The molecule has 1 amide bonds.